The molecule has 0 spiro atoms. The van der Waals surface area contributed by atoms with E-state index in [9.17, 15) is 13.2 Å². The van der Waals surface area contributed by atoms with E-state index >= 15 is 0 Å². The molecule has 1 aliphatic heterocycles. The van der Waals surface area contributed by atoms with Gasteiger partial charge >= 0.3 is 0 Å². The Kier molecular flexibility index (Phi) is 6.03. The van der Waals surface area contributed by atoms with Crippen LogP contribution in [-0.2, 0) is 27.7 Å². The topological polar surface area (TPSA) is 87.6 Å². The number of benzene rings is 2. The fourth-order valence-electron chi connectivity index (χ4n) is 4.46. The standard InChI is InChI=1S/C25H25N3O3S2/c29-23(13-14-26-25-20-8-3-4-10-22(20)33(30,31)28-25)27-24(21-9-5-15-32-21)19-12-11-17-6-1-2-7-18(17)16-19/h3-5,8-12,15-16,24H,1-2,6-7,13-14H2,(H,26,28)(H,27,29). The fourth-order valence-corrected chi connectivity index (χ4v) is 6.51. The zero-order valence-corrected chi connectivity index (χ0v) is 19.7. The Morgan fingerprint density at radius 3 is 2.70 bits per heavy atom. The van der Waals surface area contributed by atoms with Crippen LogP contribution >= 0.6 is 11.3 Å². The van der Waals surface area contributed by atoms with Gasteiger partial charge in [0, 0.05) is 16.9 Å². The lowest BCUT2D eigenvalue weighted by Gasteiger charge is -2.22. The highest BCUT2D eigenvalue weighted by atomic mass is 32.2. The Hall–Kier alpha value is -2.97. The number of nitrogens with one attached hydrogen (secondary N) is 2. The summed E-state index contributed by atoms with van der Waals surface area (Å²) in [7, 11) is -3.58. The third kappa shape index (κ3) is 4.58. The second-order valence-corrected chi connectivity index (χ2v) is 11.0. The van der Waals surface area contributed by atoms with Gasteiger partial charge in [-0.2, -0.15) is 0 Å². The van der Waals surface area contributed by atoms with Crippen molar-refractivity contribution in [1.29, 1.82) is 0 Å². The van der Waals surface area contributed by atoms with Crippen molar-refractivity contribution in [2.75, 3.05) is 6.54 Å². The second-order valence-electron chi connectivity index (χ2n) is 8.33. The number of carbonyl (C=O) groups excluding carboxylic acids is 1. The Balaban J connectivity index is 1.30. The second kappa shape index (κ2) is 9.11. The molecule has 170 valence electrons. The van der Waals surface area contributed by atoms with E-state index in [0.717, 1.165) is 23.3 Å². The number of aryl methyl sites for hydroxylation is 2. The number of thiophene rings is 1. The van der Waals surface area contributed by atoms with Crippen LogP contribution in [0.1, 0.15) is 52.4 Å². The molecule has 0 saturated heterocycles. The minimum atomic E-state index is -3.58. The molecule has 1 aliphatic carbocycles. The summed E-state index contributed by atoms with van der Waals surface area (Å²) in [5.74, 6) is 0.174. The first kappa shape index (κ1) is 21.9. The minimum absolute atomic E-state index is 0.121. The van der Waals surface area contributed by atoms with Crippen molar-refractivity contribution in [3.8, 4) is 0 Å². The zero-order valence-electron chi connectivity index (χ0n) is 18.1. The van der Waals surface area contributed by atoms with E-state index < -0.39 is 10.0 Å². The molecule has 6 nitrogen and oxygen atoms in total. The van der Waals surface area contributed by atoms with Crippen molar-refractivity contribution in [3.63, 3.8) is 0 Å². The van der Waals surface area contributed by atoms with Gasteiger partial charge in [0.1, 0.15) is 5.84 Å². The molecule has 2 heterocycles. The molecule has 0 bridgehead atoms. The highest BCUT2D eigenvalue weighted by Crippen LogP contribution is 2.30. The lowest BCUT2D eigenvalue weighted by Crippen LogP contribution is -2.29. The highest BCUT2D eigenvalue weighted by Gasteiger charge is 2.30. The third-order valence-corrected chi connectivity index (χ3v) is 8.44. The maximum Gasteiger partial charge on any atom is 0.263 e. The molecule has 1 aromatic heterocycles. The van der Waals surface area contributed by atoms with Crippen LogP contribution in [0.4, 0.5) is 0 Å². The summed E-state index contributed by atoms with van der Waals surface area (Å²) in [5, 5.41) is 5.18. The van der Waals surface area contributed by atoms with Gasteiger partial charge in [-0.3, -0.25) is 14.5 Å². The van der Waals surface area contributed by atoms with Crippen LogP contribution in [0.5, 0.6) is 0 Å². The summed E-state index contributed by atoms with van der Waals surface area (Å²) in [6, 6.07) is 17.1. The first-order valence-electron chi connectivity index (χ1n) is 11.1. The predicted molar refractivity (Wildman–Crippen MR) is 130 cm³/mol. The number of nitrogens with zero attached hydrogens (tertiary/aromatic N) is 1. The molecule has 0 radical (unpaired) electrons. The average molecular weight is 480 g/mol. The van der Waals surface area contributed by atoms with E-state index in [4.69, 9.17) is 0 Å². The van der Waals surface area contributed by atoms with E-state index in [0.29, 0.717) is 11.4 Å². The van der Waals surface area contributed by atoms with Crippen LogP contribution < -0.4 is 10.0 Å². The Morgan fingerprint density at radius 2 is 1.88 bits per heavy atom. The number of amides is 1. The maximum absolute atomic E-state index is 12.8. The molecule has 2 aliphatic rings. The molecule has 0 fully saturated rings. The smallest absolute Gasteiger partial charge is 0.263 e. The SMILES string of the molecule is O=C(CCN=C1NS(=O)(=O)c2ccccc21)NC(c1ccc2c(c1)CCCC2)c1cccs1. The van der Waals surface area contributed by atoms with Crippen molar-refractivity contribution in [3.05, 3.63) is 87.1 Å². The van der Waals surface area contributed by atoms with E-state index in [1.54, 1.807) is 35.6 Å². The summed E-state index contributed by atoms with van der Waals surface area (Å²) < 4.78 is 26.9. The molecule has 33 heavy (non-hydrogen) atoms. The number of fused-ring (bicyclic) bond motifs is 2. The summed E-state index contributed by atoms with van der Waals surface area (Å²) in [6.07, 6.45) is 4.82. The fraction of sp³-hybridized carbons (Fsp3) is 0.280. The molecular weight excluding hydrogens is 454 g/mol. The molecular formula is C25H25N3O3S2. The van der Waals surface area contributed by atoms with Gasteiger partial charge in [-0.1, -0.05) is 36.4 Å². The van der Waals surface area contributed by atoms with Gasteiger partial charge < -0.3 is 5.32 Å². The monoisotopic (exact) mass is 479 g/mol. The summed E-state index contributed by atoms with van der Waals surface area (Å²) in [6.45, 7) is 0.194. The molecule has 2 aromatic carbocycles. The number of hydrogen-bond donors (Lipinski definition) is 2. The quantitative estimate of drug-likeness (QED) is 0.561. The molecule has 1 atom stereocenters. The normalized spacial score (nSPS) is 18.2. The van der Waals surface area contributed by atoms with Gasteiger partial charge in [-0.25, -0.2) is 8.42 Å². The molecule has 8 heteroatoms. The van der Waals surface area contributed by atoms with Gasteiger partial charge in [-0.15, -0.1) is 11.3 Å². The lowest BCUT2D eigenvalue weighted by molar-refractivity contribution is -0.121. The molecule has 0 saturated carbocycles. The van der Waals surface area contributed by atoms with Crippen LogP contribution in [0.3, 0.4) is 0 Å². The first-order valence-corrected chi connectivity index (χ1v) is 13.5. The largest absolute Gasteiger partial charge is 0.344 e. The van der Waals surface area contributed by atoms with Crippen LogP contribution in [-0.4, -0.2) is 26.7 Å². The van der Waals surface area contributed by atoms with Crippen LogP contribution in [0.25, 0.3) is 0 Å². The van der Waals surface area contributed by atoms with E-state index in [2.05, 4.69) is 33.2 Å². The van der Waals surface area contributed by atoms with Gasteiger partial charge in [0.2, 0.25) is 5.91 Å². The van der Waals surface area contributed by atoms with Crippen molar-refractivity contribution in [2.45, 2.75) is 43.0 Å². The van der Waals surface area contributed by atoms with Crippen molar-refractivity contribution in [1.82, 2.24) is 10.0 Å². The molecule has 3 aromatic rings. The third-order valence-electron chi connectivity index (χ3n) is 6.11. The summed E-state index contributed by atoms with van der Waals surface area (Å²) in [5.41, 5.74) is 4.43. The van der Waals surface area contributed by atoms with E-state index in [-0.39, 0.29) is 29.8 Å². The number of amidine groups is 1. The molecule has 5 rings (SSSR count). The lowest BCUT2D eigenvalue weighted by atomic mass is 9.89. The number of hydrogen-bond acceptors (Lipinski definition) is 5. The minimum Gasteiger partial charge on any atom is -0.344 e. The predicted octanol–water partition coefficient (Wildman–Crippen LogP) is 3.96. The van der Waals surface area contributed by atoms with E-state index in [1.807, 2.05) is 17.5 Å². The van der Waals surface area contributed by atoms with Gasteiger partial charge in [-0.05, 0) is 66.0 Å². The summed E-state index contributed by atoms with van der Waals surface area (Å²) in [4.78, 5) is 18.5. The van der Waals surface area contributed by atoms with Crippen molar-refractivity contribution in [2.24, 2.45) is 4.99 Å². The van der Waals surface area contributed by atoms with Crippen LogP contribution in [0.15, 0.2) is 69.9 Å². The average Bonchev–Trinajstić information content (AvgIpc) is 3.44. The highest BCUT2D eigenvalue weighted by molar-refractivity contribution is 7.90. The number of rotatable bonds is 6. The number of sulfonamides is 1. The Labute approximate surface area is 197 Å². The first-order chi connectivity index (χ1) is 16.0. The van der Waals surface area contributed by atoms with Gasteiger partial charge in [0.05, 0.1) is 17.5 Å². The Morgan fingerprint density at radius 1 is 1.06 bits per heavy atom. The summed E-state index contributed by atoms with van der Waals surface area (Å²) >= 11 is 1.62. The molecule has 1 amide bonds. The van der Waals surface area contributed by atoms with Gasteiger partial charge in [0.15, 0.2) is 0 Å². The van der Waals surface area contributed by atoms with Crippen molar-refractivity contribution < 1.29 is 13.2 Å². The number of aliphatic imine (C=N–C) groups is 1. The molecule has 2 N–H and O–H groups in total. The number of carbonyl (C=O) groups is 1. The van der Waals surface area contributed by atoms with E-state index in [1.165, 1.54) is 24.0 Å². The Bertz CT molecular complexity index is 1310. The maximum atomic E-state index is 12.8. The van der Waals surface area contributed by atoms with Gasteiger partial charge in [0.25, 0.3) is 10.0 Å². The van der Waals surface area contributed by atoms with Crippen molar-refractivity contribution >= 4 is 33.1 Å². The zero-order chi connectivity index (χ0) is 22.8. The van der Waals surface area contributed by atoms with Crippen LogP contribution in [0.2, 0.25) is 0 Å². The molecule has 1 unspecified atom stereocenters. The van der Waals surface area contributed by atoms with Crippen LogP contribution in [0, 0.1) is 0 Å².